The quantitative estimate of drug-likeness (QED) is 0.825. The number of piperazine rings is 1. The van der Waals surface area contributed by atoms with Gasteiger partial charge in [-0.25, -0.2) is 4.39 Å². The summed E-state index contributed by atoms with van der Waals surface area (Å²) in [6.07, 6.45) is 0. The highest BCUT2D eigenvalue weighted by atomic mass is 19.1. The van der Waals surface area contributed by atoms with Crippen LogP contribution in [0, 0.1) is 5.82 Å². The number of halogens is 1. The van der Waals surface area contributed by atoms with E-state index in [2.05, 4.69) is 5.32 Å². The third kappa shape index (κ3) is 5.07. The Morgan fingerprint density at radius 3 is 2.54 bits per heavy atom. The number of nitrogens with zero attached hydrogens (tertiary/aromatic N) is 2. The van der Waals surface area contributed by atoms with Gasteiger partial charge < -0.3 is 19.9 Å². The molecule has 2 amide bonds. The average Bonchev–Trinajstić information content (AvgIpc) is 2.75. The molecule has 2 aromatic carbocycles. The number of carbonyl (C=O) groups is 2. The average molecular weight is 385 g/mol. The van der Waals surface area contributed by atoms with Crippen LogP contribution in [0.4, 0.5) is 4.39 Å². The molecule has 1 fully saturated rings. The summed E-state index contributed by atoms with van der Waals surface area (Å²) in [7, 11) is 1.54. The van der Waals surface area contributed by atoms with E-state index in [-0.39, 0.29) is 30.7 Å². The number of methoxy groups -OCH3 is 1. The van der Waals surface area contributed by atoms with Crippen molar-refractivity contribution in [2.24, 2.45) is 0 Å². The van der Waals surface area contributed by atoms with Gasteiger partial charge in [0.25, 0.3) is 5.91 Å². The fourth-order valence-electron chi connectivity index (χ4n) is 3.13. The Kier molecular flexibility index (Phi) is 6.60. The van der Waals surface area contributed by atoms with E-state index >= 15 is 0 Å². The van der Waals surface area contributed by atoms with Crippen LogP contribution in [0.3, 0.4) is 0 Å². The van der Waals surface area contributed by atoms with Crippen LogP contribution in [-0.4, -0.2) is 61.4 Å². The van der Waals surface area contributed by atoms with Gasteiger partial charge in [-0.05, 0) is 35.9 Å². The summed E-state index contributed by atoms with van der Waals surface area (Å²) in [5.41, 5.74) is 1.19. The number of rotatable bonds is 6. The normalized spacial score (nSPS) is 13.9. The summed E-state index contributed by atoms with van der Waals surface area (Å²) in [6.45, 7) is 2.91. The largest absolute Gasteiger partial charge is 0.497 e. The van der Waals surface area contributed by atoms with E-state index in [0.717, 1.165) is 18.7 Å². The SMILES string of the molecule is COc1cccc(C(=O)N(CC(=O)N2CCNCC2)Cc2ccc(F)cc2)c1. The number of carbonyl (C=O) groups excluding carboxylic acids is 2. The lowest BCUT2D eigenvalue weighted by atomic mass is 10.1. The molecule has 28 heavy (non-hydrogen) atoms. The minimum Gasteiger partial charge on any atom is -0.497 e. The van der Waals surface area contributed by atoms with E-state index in [1.54, 1.807) is 41.3 Å². The first-order chi connectivity index (χ1) is 13.6. The van der Waals surface area contributed by atoms with E-state index < -0.39 is 0 Å². The Morgan fingerprint density at radius 2 is 1.86 bits per heavy atom. The maximum absolute atomic E-state index is 13.2. The molecule has 7 heteroatoms. The topological polar surface area (TPSA) is 61.9 Å². The Morgan fingerprint density at radius 1 is 1.14 bits per heavy atom. The minimum atomic E-state index is -0.341. The molecular weight excluding hydrogens is 361 g/mol. The fourth-order valence-corrected chi connectivity index (χ4v) is 3.13. The number of hydrogen-bond acceptors (Lipinski definition) is 4. The first-order valence-electron chi connectivity index (χ1n) is 9.23. The zero-order valence-corrected chi connectivity index (χ0v) is 15.9. The van der Waals surface area contributed by atoms with E-state index in [4.69, 9.17) is 4.74 Å². The zero-order chi connectivity index (χ0) is 19.9. The molecule has 1 aliphatic rings. The highest BCUT2D eigenvalue weighted by Crippen LogP contribution is 2.16. The Balaban J connectivity index is 1.80. The third-order valence-corrected chi connectivity index (χ3v) is 4.69. The first-order valence-corrected chi connectivity index (χ1v) is 9.23. The summed E-state index contributed by atoms with van der Waals surface area (Å²) in [5.74, 6) is -0.140. The van der Waals surface area contributed by atoms with Gasteiger partial charge in [0, 0.05) is 38.3 Å². The van der Waals surface area contributed by atoms with Gasteiger partial charge in [0.2, 0.25) is 5.91 Å². The van der Waals surface area contributed by atoms with E-state index in [1.165, 1.54) is 24.1 Å². The van der Waals surface area contributed by atoms with E-state index in [9.17, 15) is 14.0 Å². The molecule has 0 radical (unpaired) electrons. The fraction of sp³-hybridized carbons (Fsp3) is 0.333. The minimum absolute atomic E-state index is 0.0343. The predicted octanol–water partition coefficient (Wildman–Crippen LogP) is 1.91. The molecule has 0 spiro atoms. The lowest BCUT2D eigenvalue weighted by molar-refractivity contribution is -0.132. The molecule has 0 aromatic heterocycles. The third-order valence-electron chi connectivity index (χ3n) is 4.69. The Hall–Kier alpha value is -2.93. The van der Waals surface area contributed by atoms with Crippen molar-refractivity contribution >= 4 is 11.8 Å². The van der Waals surface area contributed by atoms with Gasteiger partial charge in [-0.3, -0.25) is 9.59 Å². The Bertz CT molecular complexity index is 820. The van der Waals surface area contributed by atoms with Crippen LogP contribution in [0.2, 0.25) is 0 Å². The maximum atomic E-state index is 13.2. The van der Waals surface area contributed by atoms with Gasteiger partial charge in [-0.1, -0.05) is 18.2 Å². The second-order valence-electron chi connectivity index (χ2n) is 6.65. The predicted molar refractivity (Wildman–Crippen MR) is 104 cm³/mol. The molecule has 3 rings (SSSR count). The van der Waals surface area contributed by atoms with Gasteiger partial charge in [0.15, 0.2) is 0 Å². The number of ether oxygens (including phenoxy) is 1. The van der Waals surface area contributed by atoms with E-state index in [1.807, 2.05) is 0 Å². The van der Waals surface area contributed by atoms with Crippen LogP contribution in [0.5, 0.6) is 5.75 Å². The number of benzene rings is 2. The van der Waals surface area contributed by atoms with Gasteiger partial charge in [0.1, 0.15) is 18.1 Å². The van der Waals surface area contributed by atoms with Crippen LogP contribution < -0.4 is 10.1 Å². The van der Waals surface area contributed by atoms with Gasteiger partial charge >= 0.3 is 0 Å². The van der Waals surface area contributed by atoms with Crippen LogP contribution >= 0.6 is 0 Å². The molecule has 1 N–H and O–H groups in total. The number of amides is 2. The molecule has 0 unspecified atom stereocenters. The monoisotopic (exact) mass is 385 g/mol. The van der Waals surface area contributed by atoms with Crippen LogP contribution in [-0.2, 0) is 11.3 Å². The van der Waals surface area contributed by atoms with Gasteiger partial charge in [-0.2, -0.15) is 0 Å². The van der Waals surface area contributed by atoms with Crippen molar-refractivity contribution in [2.75, 3.05) is 39.8 Å². The summed E-state index contributed by atoms with van der Waals surface area (Å²) in [6, 6.07) is 12.8. The van der Waals surface area contributed by atoms with Crippen LogP contribution in [0.25, 0.3) is 0 Å². The van der Waals surface area contributed by atoms with Crippen LogP contribution in [0.15, 0.2) is 48.5 Å². The second kappa shape index (κ2) is 9.32. The summed E-state index contributed by atoms with van der Waals surface area (Å²) in [5, 5.41) is 3.21. The van der Waals surface area contributed by atoms with Gasteiger partial charge in [-0.15, -0.1) is 0 Å². The molecule has 0 aliphatic carbocycles. The molecule has 6 nitrogen and oxygen atoms in total. The lowest BCUT2D eigenvalue weighted by Gasteiger charge is -2.30. The van der Waals surface area contributed by atoms with Gasteiger partial charge in [0.05, 0.1) is 7.11 Å². The van der Waals surface area contributed by atoms with Crippen molar-refractivity contribution < 1.29 is 18.7 Å². The van der Waals surface area contributed by atoms with Crippen molar-refractivity contribution in [3.8, 4) is 5.75 Å². The smallest absolute Gasteiger partial charge is 0.254 e. The standard InChI is InChI=1S/C21H24FN3O3/c1-28-19-4-2-3-17(13-19)21(27)25(14-16-5-7-18(22)8-6-16)15-20(26)24-11-9-23-10-12-24/h2-8,13,23H,9-12,14-15H2,1H3. The summed E-state index contributed by atoms with van der Waals surface area (Å²) in [4.78, 5) is 29.1. The number of nitrogens with one attached hydrogen (secondary N) is 1. The molecule has 0 atom stereocenters. The summed E-state index contributed by atoms with van der Waals surface area (Å²) < 4.78 is 18.4. The zero-order valence-electron chi connectivity index (χ0n) is 15.9. The van der Waals surface area contributed by atoms with Crippen molar-refractivity contribution in [1.82, 2.24) is 15.1 Å². The molecule has 0 bridgehead atoms. The maximum Gasteiger partial charge on any atom is 0.254 e. The van der Waals surface area contributed by atoms with E-state index in [0.29, 0.717) is 24.4 Å². The molecule has 148 valence electrons. The van der Waals surface area contributed by atoms with Crippen molar-refractivity contribution in [3.05, 3.63) is 65.5 Å². The summed E-state index contributed by atoms with van der Waals surface area (Å²) >= 11 is 0. The van der Waals surface area contributed by atoms with Crippen molar-refractivity contribution in [1.29, 1.82) is 0 Å². The molecule has 0 saturated carbocycles. The van der Waals surface area contributed by atoms with Crippen molar-refractivity contribution in [3.63, 3.8) is 0 Å². The Labute approximate surface area is 163 Å². The molecule has 1 saturated heterocycles. The highest BCUT2D eigenvalue weighted by molar-refractivity contribution is 5.96. The lowest BCUT2D eigenvalue weighted by Crippen LogP contribution is -2.50. The van der Waals surface area contributed by atoms with Crippen LogP contribution in [0.1, 0.15) is 15.9 Å². The van der Waals surface area contributed by atoms with Crippen molar-refractivity contribution in [2.45, 2.75) is 6.54 Å². The highest BCUT2D eigenvalue weighted by Gasteiger charge is 2.23. The molecular formula is C21H24FN3O3. The number of hydrogen-bond donors (Lipinski definition) is 1. The molecule has 1 aliphatic heterocycles. The second-order valence-corrected chi connectivity index (χ2v) is 6.65. The molecule has 2 aromatic rings. The first kappa shape index (κ1) is 19.8. The molecule has 1 heterocycles.